The molecule has 0 saturated carbocycles. The first-order valence-corrected chi connectivity index (χ1v) is 10.8. The Balaban J connectivity index is 1.68. The van der Waals surface area contributed by atoms with Crippen molar-refractivity contribution in [3.8, 4) is 0 Å². The molecule has 1 N–H and O–H groups in total. The minimum absolute atomic E-state index is 0.148. The summed E-state index contributed by atoms with van der Waals surface area (Å²) in [5.74, 6) is 0.0694. The standard InChI is InChI=1S/C22H22N2O6S/c1-15-20(22(26)29-3)13-18(30-15)14-24(2)21(25)16-9-11-17(12-10-16)23-31(27,28)19-7-5-4-6-8-19/h4-13,23H,14H2,1-3H3. The van der Waals surface area contributed by atoms with Gasteiger partial charge >= 0.3 is 5.97 Å². The van der Waals surface area contributed by atoms with E-state index in [9.17, 15) is 18.0 Å². The monoisotopic (exact) mass is 442 g/mol. The molecule has 0 radical (unpaired) electrons. The molecule has 9 heteroatoms. The first-order chi connectivity index (χ1) is 14.7. The molecule has 8 nitrogen and oxygen atoms in total. The molecule has 0 unspecified atom stereocenters. The van der Waals surface area contributed by atoms with Crippen LogP contribution >= 0.6 is 0 Å². The third-order valence-corrected chi connectivity index (χ3v) is 5.95. The maximum absolute atomic E-state index is 12.7. The van der Waals surface area contributed by atoms with Gasteiger partial charge in [0.25, 0.3) is 15.9 Å². The van der Waals surface area contributed by atoms with Crippen LogP contribution in [0.25, 0.3) is 0 Å². The lowest BCUT2D eigenvalue weighted by atomic mass is 10.2. The maximum Gasteiger partial charge on any atom is 0.341 e. The highest BCUT2D eigenvalue weighted by molar-refractivity contribution is 7.92. The first kappa shape index (κ1) is 22.1. The largest absolute Gasteiger partial charge is 0.465 e. The van der Waals surface area contributed by atoms with Crippen LogP contribution in [-0.2, 0) is 21.3 Å². The SMILES string of the molecule is COC(=O)c1cc(CN(C)C(=O)c2ccc(NS(=O)(=O)c3ccccc3)cc2)oc1C. The summed E-state index contributed by atoms with van der Waals surface area (Å²) in [5.41, 5.74) is 1.03. The van der Waals surface area contributed by atoms with Gasteiger partial charge in [0.15, 0.2) is 0 Å². The third-order valence-electron chi connectivity index (χ3n) is 4.55. The number of furan rings is 1. The van der Waals surface area contributed by atoms with E-state index >= 15 is 0 Å². The number of ether oxygens (including phenoxy) is 1. The van der Waals surface area contributed by atoms with Crippen molar-refractivity contribution < 1.29 is 27.2 Å². The van der Waals surface area contributed by atoms with Crippen molar-refractivity contribution in [3.05, 3.63) is 83.3 Å². The topological polar surface area (TPSA) is 106 Å². The summed E-state index contributed by atoms with van der Waals surface area (Å²) >= 11 is 0. The Morgan fingerprint density at radius 3 is 2.32 bits per heavy atom. The predicted molar refractivity (Wildman–Crippen MR) is 114 cm³/mol. The highest BCUT2D eigenvalue weighted by Gasteiger charge is 2.19. The number of anilines is 1. The second-order valence-electron chi connectivity index (χ2n) is 6.83. The van der Waals surface area contributed by atoms with Crippen LogP contribution in [-0.4, -0.2) is 39.4 Å². The highest BCUT2D eigenvalue weighted by atomic mass is 32.2. The van der Waals surface area contributed by atoms with E-state index in [1.54, 1.807) is 38.2 Å². The van der Waals surface area contributed by atoms with Gasteiger partial charge in [-0.2, -0.15) is 0 Å². The van der Waals surface area contributed by atoms with Crippen LogP contribution in [0, 0.1) is 6.92 Å². The van der Waals surface area contributed by atoms with Gasteiger partial charge in [-0.3, -0.25) is 9.52 Å². The average molecular weight is 442 g/mol. The van der Waals surface area contributed by atoms with Crippen molar-refractivity contribution in [1.82, 2.24) is 4.90 Å². The number of esters is 1. The van der Waals surface area contributed by atoms with E-state index in [2.05, 4.69) is 4.72 Å². The number of amides is 1. The number of rotatable bonds is 7. The lowest BCUT2D eigenvalue weighted by Gasteiger charge is -2.16. The van der Waals surface area contributed by atoms with Crippen molar-refractivity contribution in [2.75, 3.05) is 18.9 Å². The van der Waals surface area contributed by atoms with Gasteiger partial charge in [-0.1, -0.05) is 18.2 Å². The summed E-state index contributed by atoms with van der Waals surface area (Å²) in [5, 5.41) is 0. The van der Waals surface area contributed by atoms with Crippen LogP contribution in [0.3, 0.4) is 0 Å². The van der Waals surface area contributed by atoms with Gasteiger partial charge in [0, 0.05) is 18.3 Å². The van der Waals surface area contributed by atoms with Crippen LogP contribution in [0.5, 0.6) is 0 Å². The molecule has 0 spiro atoms. The molecule has 0 bridgehead atoms. The van der Waals surface area contributed by atoms with Crippen molar-refractivity contribution >= 4 is 27.6 Å². The zero-order chi connectivity index (χ0) is 22.6. The van der Waals surface area contributed by atoms with Crippen molar-refractivity contribution in [2.45, 2.75) is 18.4 Å². The molecule has 0 aliphatic heterocycles. The normalized spacial score (nSPS) is 11.1. The highest BCUT2D eigenvalue weighted by Crippen LogP contribution is 2.19. The minimum Gasteiger partial charge on any atom is -0.465 e. The van der Waals surface area contributed by atoms with Crippen LogP contribution in [0.15, 0.2) is 70.0 Å². The van der Waals surface area contributed by atoms with Crippen LogP contribution in [0.1, 0.15) is 32.2 Å². The van der Waals surface area contributed by atoms with Gasteiger partial charge in [0.05, 0.1) is 18.6 Å². The maximum atomic E-state index is 12.7. The average Bonchev–Trinajstić information content (AvgIpc) is 3.13. The van der Waals surface area contributed by atoms with Crippen LogP contribution < -0.4 is 4.72 Å². The molecule has 1 aromatic heterocycles. The quantitative estimate of drug-likeness (QED) is 0.562. The molecule has 3 aromatic rings. The molecular weight excluding hydrogens is 420 g/mol. The van der Waals surface area contributed by atoms with Gasteiger partial charge in [-0.25, -0.2) is 13.2 Å². The zero-order valence-corrected chi connectivity index (χ0v) is 18.1. The molecule has 0 saturated heterocycles. The smallest absolute Gasteiger partial charge is 0.341 e. The van der Waals surface area contributed by atoms with E-state index in [1.165, 1.54) is 48.4 Å². The number of sulfonamides is 1. The molecular formula is C22H22N2O6S. The number of aryl methyl sites for hydroxylation is 1. The summed E-state index contributed by atoms with van der Waals surface area (Å²) in [6, 6.07) is 15.7. The summed E-state index contributed by atoms with van der Waals surface area (Å²) in [4.78, 5) is 26.0. The molecule has 3 rings (SSSR count). The molecule has 1 amide bonds. The van der Waals surface area contributed by atoms with E-state index in [0.717, 1.165) is 0 Å². The fraction of sp³-hybridized carbons (Fsp3) is 0.182. The number of hydrogen-bond donors (Lipinski definition) is 1. The lowest BCUT2D eigenvalue weighted by Crippen LogP contribution is -2.26. The Hall–Kier alpha value is -3.59. The predicted octanol–water partition coefficient (Wildman–Crippen LogP) is 3.45. The molecule has 1 heterocycles. The Kier molecular flexibility index (Phi) is 6.45. The van der Waals surface area contributed by atoms with E-state index in [4.69, 9.17) is 9.15 Å². The Morgan fingerprint density at radius 2 is 1.71 bits per heavy atom. The van der Waals surface area contributed by atoms with Gasteiger partial charge in [0.2, 0.25) is 0 Å². The van der Waals surface area contributed by atoms with Gasteiger partial charge in [-0.15, -0.1) is 0 Å². The van der Waals surface area contributed by atoms with Crippen LogP contribution in [0.4, 0.5) is 5.69 Å². The molecule has 0 fully saturated rings. The number of nitrogens with one attached hydrogen (secondary N) is 1. The zero-order valence-electron chi connectivity index (χ0n) is 17.3. The summed E-state index contributed by atoms with van der Waals surface area (Å²) in [6.45, 7) is 1.80. The number of carbonyl (C=O) groups excluding carboxylic acids is 2. The van der Waals surface area contributed by atoms with E-state index in [0.29, 0.717) is 28.3 Å². The second-order valence-corrected chi connectivity index (χ2v) is 8.51. The van der Waals surface area contributed by atoms with E-state index < -0.39 is 16.0 Å². The number of methoxy groups -OCH3 is 1. The number of benzene rings is 2. The Bertz CT molecular complexity index is 1180. The van der Waals surface area contributed by atoms with Crippen molar-refractivity contribution in [2.24, 2.45) is 0 Å². The number of nitrogens with zero attached hydrogens (tertiary/aromatic N) is 1. The van der Waals surface area contributed by atoms with Gasteiger partial charge in [0.1, 0.15) is 17.1 Å². The number of carbonyl (C=O) groups is 2. The Labute approximate surface area is 180 Å². The molecule has 31 heavy (non-hydrogen) atoms. The third kappa shape index (κ3) is 5.13. The molecule has 0 atom stereocenters. The fourth-order valence-electron chi connectivity index (χ4n) is 2.95. The molecule has 0 aliphatic rings. The van der Waals surface area contributed by atoms with Gasteiger partial charge < -0.3 is 14.1 Å². The molecule has 0 aliphatic carbocycles. The molecule has 162 valence electrons. The van der Waals surface area contributed by atoms with Crippen molar-refractivity contribution in [1.29, 1.82) is 0 Å². The van der Waals surface area contributed by atoms with E-state index in [1.807, 2.05) is 0 Å². The summed E-state index contributed by atoms with van der Waals surface area (Å²) < 4.78 is 37.5. The Morgan fingerprint density at radius 1 is 1.06 bits per heavy atom. The summed E-state index contributed by atoms with van der Waals surface area (Å²) in [7, 11) is -0.823. The minimum atomic E-state index is -3.71. The van der Waals surface area contributed by atoms with Crippen LogP contribution in [0.2, 0.25) is 0 Å². The summed E-state index contributed by atoms with van der Waals surface area (Å²) in [6.07, 6.45) is 0. The first-order valence-electron chi connectivity index (χ1n) is 9.32. The number of hydrogen-bond acceptors (Lipinski definition) is 6. The molecule has 2 aromatic carbocycles. The lowest BCUT2D eigenvalue weighted by molar-refractivity contribution is 0.0598. The second kappa shape index (κ2) is 9.05. The fourth-order valence-corrected chi connectivity index (χ4v) is 4.03. The van der Waals surface area contributed by atoms with E-state index in [-0.39, 0.29) is 17.3 Å². The van der Waals surface area contributed by atoms with Gasteiger partial charge in [-0.05, 0) is 49.4 Å². The van der Waals surface area contributed by atoms with Crippen molar-refractivity contribution in [3.63, 3.8) is 0 Å².